The van der Waals surface area contributed by atoms with Gasteiger partial charge in [0.05, 0.1) is 5.25 Å². The van der Waals surface area contributed by atoms with Crippen LogP contribution in [0.3, 0.4) is 0 Å². The molecule has 0 saturated heterocycles. The lowest BCUT2D eigenvalue weighted by atomic mass is 10.1. The first-order valence-electron chi connectivity index (χ1n) is 7.60. The van der Waals surface area contributed by atoms with Crippen LogP contribution in [-0.4, -0.2) is 4.98 Å². The normalized spacial score (nSPS) is 13.2. The fraction of sp³-hybridized carbons (Fsp3) is 0.0500. The van der Waals surface area contributed by atoms with Crippen LogP contribution in [0.15, 0.2) is 82.4 Å². The lowest BCUT2D eigenvalue weighted by molar-refractivity contribution is 0.489. The Morgan fingerprint density at radius 1 is 0.739 bits per heavy atom. The monoisotopic (exact) mass is 315 g/mol. The van der Waals surface area contributed by atoms with Crippen molar-refractivity contribution in [3.63, 3.8) is 0 Å². The maximum atomic E-state index is 5.91. The first-order valence-corrected chi connectivity index (χ1v) is 8.48. The summed E-state index contributed by atoms with van der Waals surface area (Å²) in [6.07, 6.45) is 0. The molecule has 4 aromatic rings. The van der Waals surface area contributed by atoms with Gasteiger partial charge in [-0.2, -0.15) is 0 Å². The van der Waals surface area contributed by atoms with Crippen molar-refractivity contribution in [2.45, 2.75) is 10.5 Å². The van der Waals surface area contributed by atoms with E-state index in [-0.39, 0.29) is 5.25 Å². The first kappa shape index (κ1) is 13.0. The number of rotatable bonds is 2. The van der Waals surface area contributed by atoms with Crippen LogP contribution in [0.25, 0.3) is 22.2 Å². The number of oxazole rings is 1. The maximum Gasteiger partial charge on any atom is 0.257 e. The minimum atomic E-state index is 0.232. The fourth-order valence-electron chi connectivity index (χ4n) is 3.24. The topological polar surface area (TPSA) is 26.0 Å². The van der Waals surface area contributed by atoms with E-state index in [1.54, 1.807) is 11.8 Å². The second kappa shape index (κ2) is 5.00. The van der Waals surface area contributed by atoms with Crippen LogP contribution in [0.2, 0.25) is 0 Å². The molecule has 0 aliphatic heterocycles. The zero-order valence-electron chi connectivity index (χ0n) is 12.3. The molecule has 0 unspecified atom stereocenters. The quantitative estimate of drug-likeness (QED) is 0.475. The molecule has 5 rings (SSSR count). The van der Waals surface area contributed by atoms with E-state index in [1.807, 2.05) is 24.3 Å². The van der Waals surface area contributed by atoms with Crippen LogP contribution < -0.4 is 0 Å². The van der Waals surface area contributed by atoms with Crippen LogP contribution >= 0.6 is 11.8 Å². The average Bonchev–Trinajstić information content (AvgIpc) is 3.15. The first-order chi connectivity index (χ1) is 11.4. The van der Waals surface area contributed by atoms with E-state index >= 15 is 0 Å². The van der Waals surface area contributed by atoms with E-state index in [2.05, 4.69) is 53.5 Å². The highest BCUT2D eigenvalue weighted by molar-refractivity contribution is 7.99. The molecular weight excluding hydrogens is 302 g/mol. The van der Waals surface area contributed by atoms with Gasteiger partial charge in [-0.25, -0.2) is 4.98 Å². The van der Waals surface area contributed by atoms with Gasteiger partial charge in [0.25, 0.3) is 5.22 Å². The van der Waals surface area contributed by atoms with Gasteiger partial charge >= 0.3 is 0 Å². The lowest BCUT2D eigenvalue weighted by Crippen LogP contribution is -1.90. The second-order valence-electron chi connectivity index (χ2n) is 5.62. The van der Waals surface area contributed by atoms with Crippen molar-refractivity contribution in [2.24, 2.45) is 0 Å². The molecule has 0 radical (unpaired) electrons. The zero-order valence-corrected chi connectivity index (χ0v) is 13.1. The van der Waals surface area contributed by atoms with Gasteiger partial charge in [-0.1, -0.05) is 72.4 Å². The molecule has 1 heterocycles. The van der Waals surface area contributed by atoms with Crippen molar-refractivity contribution < 1.29 is 4.42 Å². The highest BCUT2D eigenvalue weighted by Gasteiger charge is 2.30. The molecule has 23 heavy (non-hydrogen) atoms. The third-order valence-electron chi connectivity index (χ3n) is 4.27. The summed E-state index contributed by atoms with van der Waals surface area (Å²) in [6, 6.07) is 25.1. The van der Waals surface area contributed by atoms with E-state index in [9.17, 15) is 0 Å². The molecular formula is C20H13NOS. The summed E-state index contributed by atoms with van der Waals surface area (Å²) in [4.78, 5) is 4.62. The Hall–Kier alpha value is -2.52. The Bertz CT molecular complexity index is 942. The van der Waals surface area contributed by atoms with Crippen molar-refractivity contribution >= 4 is 22.9 Å². The molecule has 1 aromatic heterocycles. The molecule has 0 fully saturated rings. The zero-order chi connectivity index (χ0) is 15.2. The number of fused-ring (bicyclic) bond motifs is 4. The van der Waals surface area contributed by atoms with Crippen LogP contribution in [0.4, 0.5) is 0 Å². The molecule has 3 heteroatoms. The van der Waals surface area contributed by atoms with Gasteiger partial charge in [0.1, 0.15) is 5.52 Å². The highest BCUT2D eigenvalue weighted by Crippen LogP contribution is 2.52. The van der Waals surface area contributed by atoms with Gasteiger partial charge < -0.3 is 4.42 Å². The Morgan fingerprint density at radius 3 is 2.04 bits per heavy atom. The Labute approximate surface area is 138 Å². The van der Waals surface area contributed by atoms with Crippen molar-refractivity contribution in [2.75, 3.05) is 0 Å². The summed E-state index contributed by atoms with van der Waals surface area (Å²) in [5, 5.41) is 0.957. The summed E-state index contributed by atoms with van der Waals surface area (Å²) in [5.74, 6) is 0. The number of hydrogen-bond acceptors (Lipinski definition) is 3. The van der Waals surface area contributed by atoms with Gasteiger partial charge in [0.2, 0.25) is 0 Å². The summed E-state index contributed by atoms with van der Waals surface area (Å²) in [5.41, 5.74) is 7.06. The molecule has 110 valence electrons. The molecule has 3 aromatic carbocycles. The molecule has 2 nitrogen and oxygen atoms in total. The van der Waals surface area contributed by atoms with Crippen molar-refractivity contribution in [3.8, 4) is 11.1 Å². The van der Waals surface area contributed by atoms with Gasteiger partial charge in [-0.15, -0.1) is 0 Å². The summed E-state index contributed by atoms with van der Waals surface area (Å²) >= 11 is 1.68. The van der Waals surface area contributed by atoms with Crippen molar-refractivity contribution in [1.82, 2.24) is 4.98 Å². The smallest absolute Gasteiger partial charge is 0.257 e. The molecule has 0 spiro atoms. The minimum absolute atomic E-state index is 0.232. The SMILES string of the molecule is c1ccc2c(c1)-c1ccccc1C2Sc1nc2ccccc2o1. The number of hydrogen-bond donors (Lipinski definition) is 0. The fourth-order valence-corrected chi connectivity index (χ4v) is 4.39. The van der Waals surface area contributed by atoms with E-state index in [0.29, 0.717) is 0 Å². The summed E-state index contributed by atoms with van der Waals surface area (Å²) in [7, 11) is 0. The van der Waals surface area contributed by atoms with Crippen LogP contribution in [-0.2, 0) is 0 Å². The van der Waals surface area contributed by atoms with E-state index < -0.39 is 0 Å². The standard InChI is InChI=1S/C20H13NOS/c1-3-9-15-13(7-1)14-8-2-4-10-16(14)19(15)23-20-21-17-11-5-6-12-18(17)22-20/h1-12,19H. The minimum Gasteiger partial charge on any atom is -0.431 e. The predicted octanol–water partition coefficient (Wildman–Crippen LogP) is 5.69. The van der Waals surface area contributed by atoms with Crippen LogP contribution in [0, 0.1) is 0 Å². The van der Waals surface area contributed by atoms with Crippen LogP contribution in [0.1, 0.15) is 16.4 Å². The predicted molar refractivity (Wildman–Crippen MR) is 93.6 cm³/mol. The highest BCUT2D eigenvalue weighted by atomic mass is 32.2. The molecule has 0 bridgehead atoms. The van der Waals surface area contributed by atoms with Gasteiger partial charge in [-0.3, -0.25) is 0 Å². The lowest BCUT2D eigenvalue weighted by Gasteiger charge is -2.10. The number of para-hydroxylation sites is 2. The number of aromatic nitrogens is 1. The van der Waals surface area contributed by atoms with Crippen molar-refractivity contribution in [1.29, 1.82) is 0 Å². The number of benzene rings is 3. The van der Waals surface area contributed by atoms with E-state index in [1.165, 1.54) is 22.3 Å². The van der Waals surface area contributed by atoms with Gasteiger partial charge in [0, 0.05) is 0 Å². The molecule has 0 saturated carbocycles. The summed E-state index contributed by atoms with van der Waals surface area (Å²) < 4.78 is 5.91. The molecule has 1 aliphatic carbocycles. The molecule has 0 N–H and O–H groups in total. The summed E-state index contributed by atoms with van der Waals surface area (Å²) in [6.45, 7) is 0. The van der Waals surface area contributed by atoms with E-state index in [4.69, 9.17) is 4.42 Å². The molecule has 0 amide bonds. The Kier molecular flexibility index (Phi) is 2.82. The average molecular weight is 315 g/mol. The Morgan fingerprint density at radius 2 is 1.35 bits per heavy atom. The number of thioether (sulfide) groups is 1. The molecule has 0 atom stereocenters. The van der Waals surface area contributed by atoms with Crippen LogP contribution in [0.5, 0.6) is 0 Å². The van der Waals surface area contributed by atoms with Gasteiger partial charge in [-0.05, 0) is 34.4 Å². The maximum absolute atomic E-state index is 5.91. The molecule has 1 aliphatic rings. The number of nitrogens with zero attached hydrogens (tertiary/aromatic N) is 1. The second-order valence-corrected chi connectivity index (χ2v) is 6.68. The van der Waals surface area contributed by atoms with Gasteiger partial charge in [0.15, 0.2) is 5.58 Å². The largest absolute Gasteiger partial charge is 0.431 e. The Balaban J connectivity index is 1.62. The van der Waals surface area contributed by atoms with Crippen molar-refractivity contribution in [3.05, 3.63) is 83.9 Å². The third kappa shape index (κ3) is 2.01. The van der Waals surface area contributed by atoms with E-state index in [0.717, 1.165) is 16.3 Å². The third-order valence-corrected chi connectivity index (χ3v) is 5.39.